The van der Waals surface area contributed by atoms with Gasteiger partial charge in [0.15, 0.2) is 11.6 Å². The molecule has 1 aliphatic carbocycles. The maximum absolute atomic E-state index is 14.2. The van der Waals surface area contributed by atoms with Crippen LogP contribution in [0.25, 0.3) is 0 Å². The van der Waals surface area contributed by atoms with Crippen molar-refractivity contribution in [1.82, 2.24) is 0 Å². The molecule has 0 atom stereocenters. The van der Waals surface area contributed by atoms with E-state index < -0.39 is 11.4 Å². The Morgan fingerprint density at radius 3 is 2.55 bits per heavy atom. The Morgan fingerprint density at radius 1 is 1.18 bits per heavy atom. The molecule has 22 heavy (non-hydrogen) atoms. The predicted octanol–water partition coefficient (Wildman–Crippen LogP) is 4.12. The van der Waals surface area contributed by atoms with E-state index in [0.29, 0.717) is 12.2 Å². The van der Waals surface area contributed by atoms with E-state index in [-0.39, 0.29) is 5.75 Å². The summed E-state index contributed by atoms with van der Waals surface area (Å²) in [5, 5.41) is 0. The molecule has 0 aliphatic heterocycles. The normalized spacial score (nSPS) is 15.5. The molecule has 0 saturated heterocycles. The highest BCUT2D eigenvalue weighted by Gasteiger charge is 2.39. The largest absolute Gasteiger partial charge is 0.486 e. The third-order valence-electron chi connectivity index (χ3n) is 4.15. The van der Waals surface area contributed by atoms with Gasteiger partial charge in [0.1, 0.15) is 6.61 Å². The number of rotatable bonds is 5. The highest BCUT2D eigenvalue weighted by atomic mass is 19.1. The van der Waals surface area contributed by atoms with Crippen molar-refractivity contribution in [1.29, 1.82) is 0 Å². The monoisotopic (exact) mass is 297 g/mol. The van der Waals surface area contributed by atoms with Crippen LogP contribution in [0.4, 0.5) is 4.39 Å². The molecule has 0 aromatic heterocycles. The SMILES string of the molecule is O=C=NC1(c2ccc(OCc3ccccc3)c(F)c2)CCC1. The maximum atomic E-state index is 14.2. The van der Waals surface area contributed by atoms with Gasteiger partial charge in [-0.1, -0.05) is 36.4 Å². The summed E-state index contributed by atoms with van der Waals surface area (Å²) in [6.07, 6.45) is 4.11. The number of nitrogens with zero attached hydrogens (tertiary/aromatic N) is 1. The van der Waals surface area contributed by atoms with Gasteiger partial charge in [0, 0.05) is 0 Å². The molecular weight excluding hydrogens is 281 g/mol. The smallest absolute Gasteiger partial charge is 0.235 e. The molecule has 3 nitrogen and oxygen atoms in total. The number of aliphatic imine (C=N–C) groups is 1. The summed E-state index contributed by atoms with van der Waals surface area (Å²) in [6, 6.07) is 14.4. The number of hydrogen-bond donors (Lipinski definition) is 0. The Morgan fingerprint density at radius 2 is 1.95 bits per heavy atom. The van der Waals surface area contributed by atoms with Gasteiger partial charge in [0.2, 0.25) is 6.08 Å². The predicted molar refractivity (Wildman–Crippen MR) is 80.8 cm³/mol. The second kappa shape index (κ2) is 6.12. The van der Waals surface area contributed by atoms with Crippen LogP contribution < -0.4 is 4.74 Å². The van der Waals surface area contributed by atoms with Crippen molar-refractivity contribution < 1.29 is 13.9 Å². The Hall–Kier alpha value is -2.45. The number of carbonyl (C=O) groups excluding carboxylic acids is 1. The lowest BCUT2D eigenvalue weighted by atomic mass is 9.72. The van der Waals surface area contributed by atoms with E-state index in [1.54, 1.807) is 18.2 Å². The first-order chi connectivity index (χ1) is 10.7. The van der Waals surface area contributed by atoms with Crippen LogP contribution in [0.1, 0.15) is 30.4 Å². The second-order valence-electron chi connectivity index (χ2n) is 5.51. The van der Waals surface area contributed by atoms with Gasteiger partial charge < -0.3 is 4.74 Å². The molecule has 4 heteroatoms. The van der Waals surface area contributed by atoms with Crippen molar-refractivity contribution in [2.75, 3.05) is 0 Å². The average Bonchev–Trinajstić information content (AvgIpc) is 2.51. The van der Waals surface area contributed by atoms with E-state index in [1.165, 1.54) is 6.07 Å². The third-order valence-corrected chi connectivity index (χ3v) is 4.15. The van der Waals surface area contributed by atoms with Crippen LogP contribution in [0.2, 0.25) is 0 Å². The Bertz CT molecular complexity index is 704. The fourth-order valence-electron chi connectivity index (χ4n) is 2.71. The van der Waals surface area contributed by atoms with Crippen LogP contribution in [0.3, 0.4) is 0 Å². The minimum atomic E-state index is -0.583. The summed E-state index contributed by atoms with van der Waals surface area (Å²) < 4.78 is 19.7. The molecule has 2 aromatic carbocycles. The van der Waals surface area contributed by atoms with E-state index in [0.717, 1.165) is 24.8 Å². The summed E-state index contributed by atoms with van der Waals surface area (Å²) in [5.41, 5.74) is 1.11. The van der Waals surface area contributed by atoms with Crippen molar-refractivity contribution in [3.8, 4) is 5.75 Å². The quantitative estimate of drug-likeness (QED) is 0.615. The number of halogens is 1. The van der Waals surface area contributed by atoms with Gasteiger partial charge in [-0.3, -0.25) is 0 Å². The topological polar surface area (TPSA) is 38.7 Å². The molecule has 0 heterocycles. The lowest BCUT2D eigenvalue weighted by molar-refractivity contribution is 0.253. The minimum Gasteiger partial charge on any atom is -0.486 e. The number of ether oxygens (including phenoxy) is 1. The lowest BCUT2D eigenvalue weighted by Crippen LogP contribution is -2.31. The molecule has 1 aliphatic rings. The molecule has 2 aromatic rings. The van der Waals surface area contributed by atoms with Crippen LogP contribution in [-0.2, 0) is 16.9 Å². The Kier molecular flexibility index (Phi) is 4.03. The van der Waals surface area contributed by atoms with Gasteiger partial charge in [0.25, 0.3) is 0 Å². The number of isocyanates is 1. The molecule has 112 valence electrons. The second-order valence-corrected chi connectivity index (χ2v) is 5.51. The fraction of sp³-hybridized carbons (Fsp3) is 0.278. The number of benzene rings is 2. The zero-order valence-electron chi connectivity index (χ0n) is 12.1. The summed E-state index contributed by atoms with van der Waals surface area (Å²) in [5.74, 6) is -0.224. The van der Waals surface area contributed by atoms with Crippen LogP contribution in [-0.4, -0.2) is 6.08 Å². The molecular formula is C18H16FNO2. The molecule has 0 radical (unpaired) electrons. The van der Waals surface area contributed by atoms with Crippen molar-refractivity contribution in [3.05, 3.63) is 65.5 Å². The van der Waals surface area contributed by atoms with Gasteiger partial charge in [-0.15, -0.1) is 0 Å². The molecule has 1 fully saturated rings. The van der Waals surface area contributed by atoms with Gasteiger partial charge in [-0.25, -0.2) is 9.18 Å². The van der Waals surface area contributed by atoms with Gasteiger partial charge in [-0.05, 0) is 42.5 Å². The molecule has 0 bridgehead atoms. The van der Waals surface area contributed by atoms with Crippen molar-refractivity contribution in [3.63, 3.8) is 0 Å². The van der Waals surface area contributed by atoms with Crippen LogP contribution in [0, 0.1) is 5.82 Å². The van der Waals surface area contributed by atoms with Gasteiger partial charge in [0.05, 0.1) is 5.54 Å². The highest BCUT2D eigenvalue weighted by molar-refractivity contribution is 5.41. The fourth-order valence-corrected chi connectivity index (χ4v) is 2.71. The first-order valence-corrected chi connectivity index (χ1v) is 7.29. The van der Waals surface area contributed by atoms with Crippen molar-refractivity contribution in [2.24, 2.45) is 4.99 Å². The van der Waals surface area contributed by atoms with E-state index >= 15 is 0 Å². The van der Waals surface area contributed by atoms with Gasteiger partial charge >= 0.3 is 0 Å². The lowest BCUT2D eigenvalue weighted by Gasteiger charge is -2.37. The standard InChI is InChI=1S/C18H16FNO2/c19-16-11-15(18(20-13-21)9-4-10-18)7-8-17(16)22-12-14-5-2-1-3-6-14/h1-3,5-8,11H,4,9-10,12H2. The van der Waals surface area contributed by atoms with E-state index in [9.17, 15) is 9.18 Å². The summed E-state index contributed by atoms with van der Waals surface area (Å²) in [6.45, 7) is 0.314. The van der Waals surface area contributed by atoms with Crippen molar-refractivity contribution in [2.45, 2.75) is 31.4 Å². The summed E-state index contributed by atoms with van der Waals surface area (Å²) >= 11 is 0. The maximum Gasteiger partial charge on any atom is 0.235 e. The Balaban J connectivity index is 1.76. The summed E-state index contributed by atoms with van der Waals surface area (Å²) in [4.78, 5) is 14.5. The first kappa shape index (κ1) is 14.5. The number of hydrogen-bond acceptors (Lipinski definition) is 3. The molecule has 0 N–H and O–H groups in total. The molecule has 0 unspecified atom stereocenters. The van der Waals surface area contributed by atoms with E-state index in [2.05, 4.69) is 4.99 Å². The first-order valence-electron chi connectivity index (χ1n) is 7.29. The van der Waals surface area contributed by atoms with Gasteiger partial charge in [-0.2, -0.15) is 4.99 Å². The molecule has 0 spiro atoms. The van der Waals surface area contributed by atoms with Crippen molar-refractivity contribution >= 4 is 6.08 Å². The molecule has 0 amide bonds. The van der Waals surface area contributed by atoms with Crippen LogP contribution in [0.15, 0.2) is 53.5 Å². The van der Waals surface area contributed by atoms with Crippen LogP contribution >= 0.6 is 0 Å². The minimum absolute atomic E-state index is 0.206. The Labute approximate surface area is 128 Å². The van der Waals surface area contributed by atoms with E-state index in [1.807, 2.05) is 30.3 Å². The molecule has 3 rings (SSSR count). The third kappa shape index (κ3) is 2.78. The molecule has 1 saturated carbocycles. The van der Waals surface area contributed by atoms with Crippen LogP contribution in [0.5, 0.6) is 5.75 Å². The van der Waals surface area contributed by atoms with E-state index in [4.69, 9.17) is 4.74 Å². The summed E-state index contributed by atoms with van der Waals surface area (Å²) in [7, 11) is 0. The zero-order chi connectivity index (χ0) is 15.4. The zero-order valence-corrected chi connectivity index (χ0v) is 12.1. The highest BCUT2D eigenvalue weighted by Crippen LogP contribution is 2.45. The average molecular weight is 297 g/mol.